The Kier molecular flexibility index (Phi) is 5.61. The van der Waals surface area contributed by atoms with Crippen molar-refractivity contribution in [1.29, 1.82) is 0 Å². The molecule has 1 N–H and O–H groups in total. The molecule has 0 radical (unpaired) electrons. The number of nitrogens with zero attached hydrogens (tertiary/aromatic N) is 2. The van der Waals surface area contributed by atoms with Gasteiger partial charge in [0.25, 0.3) is 5.91 Å². The monoisotopic (exact) mass is 429 g/mol. The van der Waals surface area contributed by atoms with Crippen LogP contribution in [0.25, 0.3) is 5.65 Å². The number of carbonyl (C=O) groups excluding carboxylic acids is 1. The summed E-state index contributed by atoms with van der Waals surface area (Å²) in [5, 5.41) is 2.98. The molecule has 2 aromatic carbocycles. The van der Waals surface area contributed by atoms with Gasteiger partial charge in [0, 0.05) is 18.9 Å². The molecule has 0 aliphatic carbocycles. The third-order valence-electron chi connectivity index (χ3n) is 5.23. The van der Waals surface area contributed by atoms with Crippen molar-refractivity contribution in [3.05, 3.63) is 89.9 Å². The minimum Gasteiger partial charge on any atom is -0.486 e. The van der Waals surface area contributed by atoms with Gasteiger partial charge in [-0.15, -0.1) is 0 Å². The van der Waals surface area contributed by atoms with E-state index in [0.717, 1.165) is 28.4 Å². The zero-order valence-corrected chi connectivity index (χ0v) is 17.5. The Balaban J connectivity index is 1.19. The Morgan fingerprint density at radius 3 is 2.78 bits per heavy atom. The molecule has 1 aliphatic heterocycles. The van der Waals surface area contributed by atoms with Crippen LogP contribution in [0.5, 0.6) is 17.2 Å². The Labute approximate surface area is 185 Å². The van der Waals surface area contributed by atoms with Crippen LogP contribution in [0.2, 0.25) is 0 Å². The molecule has 0 fully saturated rings. The molecule has 0 unspecified atom stereocenters. The number of aromatic nitrogens is 2. The van der Waals surface area contributed by atoms with Crippen molar-refractivity contribution in [2.45, 2.75) is 13.0 Å². The first-order chi connectivity index (χ1) is 15.8. The summed E-state index contributed by atoms with van der Waals surface area (Å²) in [6, 6.07) is 18.9. The van der Waals surface area contributed by atoms with Crippen LogP contribution in [0.1, 0.15) is 21.6 Å². The lowest BCUT2D eigenvalue weighted by Gasteiger charge is -2.19. The van der Waals surface area contributed by atoms with Crippen LogP contribution < -0.4 is 19.5 Å². The van der Waals surface area contributed by atoms with Gasteiger partial charge in [-0.25, -0.2) is 4.98 Å². The predicted molar refractivity (Wildman–Crippen MR) is 119 cm³/mol. The number of hydrogen-bond acceptors (Lipinski definition) is 5. The number of nitrogens with one attached hydrogen (secondary N) is 1. The molecule has 1 aliphatic rings. The lowest BCUT2D eigenvalue weighted by molar-refractivity contribution is 0.0949. The Bertz CT molecular complexity index is 1220. The largest absolute Gasteiger partial charge is 0.486 e. The maximum Gasteiger partial charge on any atom is 0.255 e. The lowest BCUT2D eigenvalue weighted by Crippen LogP contribution is -2.26. The van der Waals surface area contributed by atoms with E-state index in [1.807, 2.05) is 65.3 Å². The molecule has 3 heterocycles. The number of ether oxygens (including phenoxy) is 3. The van der Waals surface area contributed by atoms with E-state index in [1.165, 1.54) is 0 Å². The van der Waals surface area contributed by atoms with Gasteiger partial charge < -0.3 is 23.9 Å². The van der Waals surface area contributed by atoms with E-state index in [-0.39, 0.29) is 12.5 Å². The topological polar surface area (TPSA) is 74.1 Å². The summed E-state index contributed by atoms with van der Waals surface area (Å²) in [6.07, 6.45) is 4.55. The second kappa shape index (κ2) is 9.01. The van der Waals surface area contributed by atoms with E-state index >= 15 is 0 Å². The molecule has 1 amide bonds. The van der Waals surface area contributed by atoms with E-state index in [0.29, 0.717) is 37.5 Å². The third-order valence-corrected chi connectivity index (χ3v) is 5.23. The van der Waals surface area contributed by atoms with Gasteiger partial charge in [0.05, 0.1) is 11.3 Å². The molecule has 162 valence electrons. The average molecular weight is 429 g/mol. The summed E-state index contributed by atoms with van der Waals surface area (Å²) in [5.74, 6) is 1.88. The van der Waals surface area contributed by atoms with Crippen molar-refractivity contribution in [1.82, 2.24) is 14.7 Å². The number of hydrogen-bond donors (Lipinski definition) is 1. The van der Waals surface area contributed by atoms with Gasteiger partial charge in [-0.05, 0) is 48.4 Å². The number of amides is 1. The molecular formula is C25H23N3O4. The Hall–Kier alpha value is -4.00. The van der Waals surface area contributed by atoms with Gasteiger partial charge in [-0.3, -0.25) is 4.79 Å². The molecule has 5 rings (SSSR count). The normalized spacial score (nSPS) is 12.5. The van der Waals surface area contributed by atoms with Crippen molar-refractivity contribution in [2.75, 3.05) is 19.8 Å². The molecule has 32 heavy (non-hydrogen) atoms. The van der Waals surface area contributed by atoms with Gasteiger partial charge in [0.2, 0.25) is 0 Å². The van der Waals surface area contributed by atoms with E-state index in [2.05, 4.69) is 10.3 Å². The Morgan fingerprint density at radius 1 is 1.03 bits per heavy atom. The van der Waals surface area contributed by atoms with E-state index in [1.54, 1.807) is 12.1 Å². The minimum atomic E-state index is -0.173. The zero-order chi connectivity index (χ0) is 21.8. The van der Waals surface area contributed by atoms with Crippen LogP contribution in [0.3, 0.4) is 0 Å². The Morgan fingerprint density at radius 2 is 1.88 bits per heavy atom. The summed E-state index contributed by atoms with van der Waals surface area (Å²) >= 11 is 0. The third kappa shape index (κ3) is 4.37. The summed E-state index contributed by atoms with van der Waals surface area (Å²) in [5.41, 5.74) is 3.23. The van der Waals surface area contributed by atoms with Crippen molar-refractivity contribution in [2.24, 2.45) is 0 Å². The molecule has 7 nitrogen and oxygen atoms in total. The molecular weight excluding hydrogens is 406 g/mol. The maximum atomic E-state index is 12.8. The SMILES string of the molecule is O=C(NCCc1ccc2c(c1)OCCO2)c1ccccc1OCc1cn2ccccc2n1. The summed E-state index contributed by atoms with van der Waals surface area (Å²) in [6.45, 7) is 1.91. The van der Waals surface area contributed by atoms with Gasteiger partial charge >= 0.3 is 0 Å². The van der Waals surface area contributed by atoms with Crippen LogP contribution in [0.4, 0.5) is 0 Å². The summed E-state index contributed by atoms with van der Waals surface area (Å²) < 4.78 is 19.0. The number of benzene rings is 2. The van der Waals surface area contributed by atoms with Crippen LogP contribution in [-0.2, 0) is 13.0 Å². The fourth-order valence-corrected chi connectivity index (χ4v) is 3.65. The van der Waals surface area contributed by atoms with E-state index < -0.39 is 0 Å². The first-order valence-corrected chi connectivity index (χ1v) is 10.6. The number of rotatable bonds is 7. The lowest BCUT2D eigenvalue weighted by atomic mass is 10.1. The molecule has 0 bridgehead atoms. The van der Waals surface area contributed by atoms with Crippen molar-refractivity contribution < 1.29 is 19.0 Å². The van der Waals surface area contributed by atoms with Gasteiger partial charge in [0.15, 0.2) is 11.5 Å². The first-order valence-electron chi connectivity index (χ1n) is 10.6. The smallest absolute Gasteiger partial charge is 0.255 e. The molecule has 0 saturated carbocycles. The highest BCUT2D eigenvalue weighted by Gasteiger charge is 2.14. The second-order valence-electron chi connectivity index (χ2n) is 7.47. The van der Waals surface area contributed by atoms with E-state index in [4.69, 9.17) is 14.2 Å². The fourth-order valence-electron chi connectivity index (χ4n) is 3.65. The highest BCUT2D eigenvalue weighted by atomic mass is 16.6. The zero-order valence-electron chi connectivity index (χ0n) is 17.5. The number of para-hydroxylation sites is 1. The molecule has 0 saturated heterocycles. The van der Waals surface area contributed by atoms with E-state index in [9.17, 15) is 4.79 Å². The highest BCUT2D eigenvalue weighted by molar-refractivity contribution is 5.96. The van der Waals surface area contributed by atoms with Gasteiger partial charge in [0.1, 0.15) is 31.2 Å². The minimum absolute atomic E-state index is 0.173. The second-order valence-corrected chi connectivity index (χ2v) is 7.47. The van der Waals surface area contributed by atoms with Crippen LogP contribution in [0, 0.1) is 0 Å². The predicted octanol–water partition coefficient (Wildman–Crippen LogP) is 3.66. The van der Waals surface area contributed by atoms with Gasteiger partial charge in [-0.1, -0.05) is 24.3 Å². The van der Waals surface area contributed by atoms with Gasteiger partial charge in [-0.2, -0.15) is 0 Å². The maximum absolute atomic E-state index is 12.8. The van der Waals surface area contributed by atoms with Crippen LogP contribution in [0.15, 0.2) is 73.1 Å². The first kappa shape index (κ1) is 19.9. The number of carbonyl (C=O) groups is 1. The van der Waals surface area contributed by atoms with Crippen molar-refractivity contribution >= 4 is 11.6 Å². The average Bonchev–Trinajstić information content (AvgIpc) is 3.26. The fraction of sp³-hybridized carbons (Fsp3) is 0.200. The highest BCUT2D eigenvalue weighted by Crippen LogP contribution is 2.30. The number of pyridine rings is 1. The molecule has 2 aromatic heterocycles. The molecule has 0 spiro atoms. The standard InChI is InChI=1S/C25H23N3O4/c29-25(26-11-10-18-8-9-22-23(15-18)31-14-13-30-22)20-5-1-2-6-21(20)32-17-19-16-28-12-4-3-7-24(28)27-19/h1-9,12,15-16H,10-11,13-14,17H2,(H,26,29). The summed E-state index contributed by atoms with van der Waals surface area (Å²) in [4.78, 5) is 17.3. The van der Waals surface area contributed by atoms with Crippen LogP contribution in [-0.4, -0.2) is 35.1 Å². The molecule has 0 atom stereocenters. The van der Waals surface area contributed by atoms with Crippen molar-refractivity contribution in [3.8, 4) is 17.2 Å². The van der Waals surface area contributed by atoms with Crippen molar-refractivity contribution in [3.63, 3.8) is 0 Å². The number of imidazole rings is 1. The number of fused-ring (bicyclic) bond motifs is 2. The summed E-state index contributed by atoms with van der Waals surface area (Å²) in [7, 11) is 0. The molecule has 7 heteroatoms. The quantitative estimate of drug-likeness (QED) is 0.485. The molecule has 4 aromatic rings. The van der Waals surface area contributed by atoms with Crippen LogP contribution >= 0.6 is 0 Å².